The fourth-order valence-electron chi connectivity index (χ4n) is 1.17. The van der Waals surface area contributed by atoms with Crippen molar-refractivity contribution in [2.45, 2.75) is 6.54 Å². The van der Waals surface area contributed by atoms with Gasteiger partial charge in [-0.2, -0.15) is 5.10 Å². The Morgan fingerprint density at radius 2 is 2.40 bits per heavy atom. The lowest BCUT2D eigenvalue weighted by molar-refractivity contribution is 0.0770. The molecule has 0 saturated heterocycles. The third kappa shape index (κ3) is 2.01. The molecular formula is C8H10N6O. The normalized spacial score (nSPS) is 10.2. The van der Waals surface area contributed by atoms with Crippen molar-refractivity contribution in [2.75, 3.05) is 7.05 Å². The minimum absolute atomic E-state index is 0.219. The van der Waals surface area contributed by atoms with Gasteiger partial charge in [-0.05, 0) is 0 Å². The van der Waals surface area contributed by atoms with Crippen LogP contribution in [0.15, 0.2) is 18.7 Å². The van der Waals surface area contributed by atoms with Crippen molar-refractivity contribution in [1.82, 2.24) is 30.0 Å². The van der Waals surface area contributed by atoms with Gasteiger partial charge in [0.15, 0.2) is 0 Å². The first-order valence-electron chi connectivity index (χ1n) is 4.36. The summed E-state index contributed by atoms with van der Waals surface area (Å²) in [4.78, 5) is 23.9. The van der Waals surface area contributed by atoms with E-state index in [9.17, 15) is 4.79 Å². The number of carbonyl (C=O) groups is 1. The quantitative estimate of drug-likeness (QED) is 0.727. The van der Waals surface area contributed by atoms with Crippen molar-refractivity contribution in [1.29, 1.82) is 0 Å². The van der Waals surface area contributed by atoms with Crippen LogP contribution in [0.3, 0.4) is 0 Å². The Balaban J connectivity index is 2.03. The van der Waals surface area contributed by atoms with E-state index in [1.54, 1.807) is 19.4 Å². The Bertz CT molecular complexity index is 420. The second kappa shape index (κ2) is 3.91. The van der Waals surface area contributed by atoms with E-state index < -0.39 is 0 Å². The monoisotopic (exact) mass is 206 g/mol. The molecule has 2 N–H and O–H groups in total. The first kappa shape index (κ1) is 9.38. The molecule has 0 aliphatic heterocycles. The van der Waals surface area contributed by atoms with E-state index in [4.69, 9.17) is 0 Å². The largest absolute Gasteiger partial charge is 0.347 e. The molecule has 0 bridgehead atoms. The summed E-state index contributed by atoms with van der Waals surface area (Å²) in [6.07, 6.45) is 4.65. The summed E-state index contributed by atoms with van der Waals surface area (Å²) in [5.41, 5.74) is 0. The van der Waals surface area contributed by atoms with Crippen LogP contribution in [0, 0.1) is 0 Å². The van der Waals surface area contributed by atoms with Gasteiger partial charge >= 0.3 is 0 Å². The summed E-state index contributed by atoms with van der Waals surface area (Å²) in [7, 11) is 1.67. The number of aromatic amines is 2. The number of hydrogen-bond donors (Lipinski definition) is 2. The Kier molecular flexibility index (Phi) is 2.44. The summed E-state index contributed by atoms with van der Waals surface area (Å²) in [5.74, 6) is 0.735. The van der Waals surface area contributed by atoms with Crippen molar-refractivity contribution in [2.24, 2.45) is 0 Å². The van der Waals surface area contributed by atoms with Crippen LogP contribution in [-0.4, -0.2) is 43.0 Å². The third-order valence-electron chi connectivity index (χ3n) is 1.91. The molecule has 2 aromatic heterocycles. The molecule has 0 saturated carbocycles. The lowest BCUT2D eigenvalue weighted by Crippen LogP contribution is -2.27. The number of carbonyl (C=O) groups excluding carboxylic acids is 1. The molecule has 2 aromatic rings. The number of amides is 1. The molecule has 0 radical (unpaired) electrons. The molecular weight excluding hydrogens is 196 g/mol. The van der Waals surface area contributed by atoms with Crippen molar-refractivity contribution >= 4 is 5.91 Å². The summed E-state index contributed by atoms with van der Waals surface area (Å²) < 4.78 is 0. The number of nitrogens with one attached hydrogen (secondary N) is 2. The Morgan fingerprint density at radius 3 is 3.00 bits per heavy atom. The summed E-state index contributed by atoms with van der Waals surface area (Å²) in [6, 6.07) is 0. The minimum Gasteiger partial charge on any atom is -0.347 e. The van der Waals surface area contributed by atoms with Crippen LogP contribution in [0.25, 0.3) is 0 Å². The average Bonchev–Trinajstić information content (AvgIpc) is 2.88. The number of H-pyrrole nitrogens is 2. The number of hydrogen-bond acceptors (Lipinski definition) is 4. The Labute approximate surface area is 85.6 Å². The smallest absolute Gasteiger partial charge is 0.291 e. The van der Waals surface area contributed by atoms with E-state index in [1.807, 2.05) is 0 Å². The highest BCUT2D eigenvalue weighted by molar-refractivity contribution is 5.89. The van der Waals surface area contributed by atoms with E-state index in [-0.39, 0.29) is 11.7 Å². The average molecular weight is 206 g/mol. The lowest BCUT2D eigenvalue weighted by Gasteiger charge is -2.13. The highest BCUT2D eigenvalue weighted by Gasteiger charge is 2.15. The molecule has 0 aliphatic carbocycles. The fraction of sp³-hybridized carbons (Fsp3) is 0.250. The van der Waals surface area contributed by atoms with Gasteiger partial charge in [0.25, 0.3) is 5.91 Å². The topological polar surface area (TPSA) is 90.6 Å². The highest BCUT2D eigenvalue weighted by atomic mass is 16.2. The summed E-state index contributed by atoms with van der Waals surface area (Å²) in [5, 5.41) is 6.13. The first-order chi connectivity index (χ1) is 7.27. The second-order valence-electron chi connectivity index (χ2n) is 3.03. The first-order valence-corrected chi connectivity index (χ1v) is 4.36. The predicted molar refractivity (Wildman–Crippen MR) is 50.8 cm³/mol. The van der Waals surface area contributed by atoms with Gasteiger partial charge in [-0.3, -0.25) is 9.89 Å². The zero-order valence-corrected chi connectivity index (χ0v) is 8.14. The zero-order valence-electron chi connectivity index (χ0n) is 8.14. The molecule has 7 heteroatoms. The molecule has 7 nitrogen and oxygen atoms in total. The van der Waals surface area contributed by atoms with Crippen LogP contribution in [0.5, 0.6) is 0 Å². The predicted octanol–water partition coefficient (Wildman–Crippen LogP) is -0.200. The molecule has 0 spiro atoms. The maximum absolute atomic E-state index is 11.7. The van der Waals surface area contributed by atoms with Crippen LogP contribution in [0.2, 0.25) is 0 Å². The van der Waals surface area contributed by atoms with Crippen LogP contribution in [-0.2, 0) is 6.54 Å². The molecule has 0 aromatic carbocycles. The molecule has 1 amide bonds. The standard InChI is InChI=1S/C8H10N6O/c1-14(4-6-9-2-3-10-6)8(15)7-11-5-12-13-7/h2-3,5H,4H2,1H3,(H,9,10)(H,11,12,13). The van der Waals surface area contributed by atoms with E-state index >= 15 is 0 Å². The van der Waals surface area contributed by atoms with Crippen molar-refractivity contribution < 1.29 is 4.79 Å². The number of nitrogens with zero attached hydrogens (tertiary/aromatic N) is 4. The zero-order chi connectivity index (χ0) is 10.7. The fourth-order valence-corrected chi connectivity index (χ4v) is 1.17. The molecule has 78 valence electrons. The molecule has 0 unspecified atom stereocenters. The second-order valence-corrected chi connectivity index (χ2v) is 3.03. The van der Waals surface area contributed by atoms with Crippen molar-refractivity contribution in [3.63, 3.8) is 0 Å². The maximum atomic E-state index is 11.7. The number of imidazole rings is 1. The lowest BCUT2D eigenvalue weighted by atomic mass is 10.4. The maximum Gasteiger partial charge on any atom is 0.291 e. The van der Waals surface area contributed by atoms with Gasteiger partial charge in [0, 0.05) is 19.4 Å². The SMILES string of the molecule is CN(Cc1ncc[nH]1)C(=O)c1ncn[nH]1. The minimum atomic E-state index is -0.219. The van der Waals surface area contributed by atoms with Crippen LogP contribution in [0.4, 0.5) is 0 Å². The number of aromatic nitrogens is 5. The molecule has 0 fully saturated rings. The molecule has 2 rings (SSSR count). The Morgan fingerprint density at radius 1 is 1.53 bits per heavy atom. The molecule has 0 atom stereocenters. The van der Waals surface area contributed by atoms with Gasteiger partial charge in [0.1, 0.15) is 12.2 Å². The van der Waals surface area contributed by atoms with Crippen molar-refractivity contribution in [3.8, 4) is 0 Å². The van der Waals surface area contributed by atoms with Crippen LogP contribution < -0.4 is 0 Å². The van der Waals surface area contributed by atoms with Gasteiger partial charge in [0.2, 0.25) is 5.82 Å². The van der Waals surface area contributed by atoms with Gasteiger partial charge in [0.05, 0.1) is 6.54 Å². The Hall–Kier alpha value is -2.18. The molecule has 2 heterocycles. The third-order valence-corrected chi connectivity index (χ3v) is 1.91. The van der Waals surface area contributed by atoms with Crippen LogP contribution in [0.1, 0.15) is 16.4 Å². The van der Waals surface area contributed by atoms with E-state index in [0.29, 0.717) is 6.54 Å². The van der Waals surface area contributed by atoms with Gasteiger partial charge in [-0.1, -0.05) is 0 Å². The van der Waals surface area contributed by atoms with E-state index in [2.05, 4.69) is 25.1 Å². The molecule has 15 heavy (non-hydrogen) atoms. The summed E-state index contributed by atoms with van der Waals surface area (Å²) in [6.45, 7) is 0.409. The van der Waals surface area contributed by atoms with E-state index in [1.165, 1.54) is 11.2 Å². The van der Waals surface area contributed by atoms with Crippen molar-refractivity contribution in [3.05, 3.63) is 30.4 Å². The highest BCUT2D eigenvalue weighted by Crippen LogP contribution is 2.00. The van der Waals surface area contributed by atoms with Gasteiger partial charge in [-0.25, -0.2) is 9.97 Å². The van der Waals surface area contributed by atoms with Crippen LogP contribution >= 0.6 is 0 Å². The summed E-state index contributed by atoms with van der Waals surface area (Å²) >= 11 is 0. The van der Waals surface area contributed by atoms with Gasteiger partial charge in [-0.15, -0.1) is 0 Å². The molecule has 0 aliphatic rings. The van der Waals surface area contributed by atoms with Gasteiger partial charge < -0.3 is 9.88 Å². The number of rotatable bonds is 3. The van der Waals surface area contributed by atoms with E-state index in [0.717, 1.165) is 5.82 Å².